The number of rotatable bonds is 9. The highest BCUT2D eigenvalue weighted by molar-refractivity contribution is 6.30. The first-order valence-corrected chi connectivity index (χ1v) is 11.0. The Morgan fingerprint density at radius 2 is 1.27 bits per heavy atom. The number of carbonyl (C=O) groups excluding carboxylic acids is 1. The molecule has 0 radical (unpaired) electrons. The molecule has 3 N–H and O–H groups in total. The van der Waals surface area contributed by atoms with Gasteiger partial charge in [-0.2, -0.15) is 0 Å². The lowest BCUT2D eigenvalue weighted by Crippen LogP contribution is -2.29. The summed E-state index contributed by atoms with van der Waals surface area (Å²) in [7, 11) is 0. The van der Waals surface area contributed by atoms with Crippen molar-refractivity contribution in [2.45, 2.75) is 13.1 Å². The van der Waals surface area contributed by atoms with Gasteiger partial charge in [0.05, 0.1) is 5.69 Å². The summed E-state index contributed by atoms with van der Waals surface area (Å²) in [6.45, 7) is 1.54. The molecule has 6 heteroatoms. The van der Waals surface area contributed by atoms with E-state index in [1.807, 2.05) is 66.7 Å². The van der Waals surface area contributed by atoms with E-state index in [2.05, 4.69) is 28.3 Å². The van der Waals surface area contributed by atoms with Crippen molar-refractivity contribution in [2.24, 2.45) is 0 Å². The minimum Gasteiger partial charge on any atom is -0.457 e. The van der Waals surface area contributed by atoms with Crippen LogP contribution in [0.2, 0.25) is 5.02 Å². The van der Waals surface area contributed by atoms with E-state index in [1.54, 1.807) is 24.3 Å². The number of amides is 1. The van der Waals surface area contributed by atoms with E-state index in [0.717, 1.165) is 24.3 Å². The van der Waals surface area contributed by atoms with Crippen LogP contribution in [0.1, 0.15) is 21.5 Å². The monoisotopic (exact) mass is 457 g/mol. The lowest BCUT2D eigenvalue weighted by molar-refractivity contribution is 0.0962. The van der Waals surface area contributed by atoms with Crippen LogP contribution < -0.4 is 20.9 Å². The Morgan fingerprint density at radius 3 is 1.91 bits per heavy atom. The van der Waals surface area contributed by atoms with Gasteiger partial charge in [0.1, 0.15) is 11.5 Å². The fourth-order valence-electron chi connectivity index (χ4n) is 3.17. The SMILES string of the molecule is O=C(NNc1ccc(Oc2ccc(Cl)cc2)cc1)c1ccc(CNCc2ccccc2)cc1. The minimum atomic E-state index is -0.208. The summed E-state index contributed by atoms with van der Waals surface area (Å²) in [5.74, 6) is 1.18. The van der Waals surface area contributed by atoms with E-state index < -0.39 is 0 Å². The topological polar surface area (TPSA) is 62.4 Å². The number of hydrogen-bond donors (Lipinski definition) is 3. The van der Waals surface area contributed by atoms with Gasteiger partial charge in [-0.05, 0) is 71.8 Å². The lowest BCUT2D eigenvalue weighted by atomic mass is 10.1. The Morgan fingerprint density at radius 1 is 0.697 bits per heavy atom. The molecule has 1 amide bonds. The number of hydrogen-bond acceptors (Lipinski definition) is 4. The molecule has 0 aliphatic carbocycles. The molecule has 166 valence electrons. The number of hydrazine groups is 1. The Labute approximate surface area is 198 Å². The second kappa shape index (κ2) is 11.2. The first kappa shape index (κ1) is 22.4. The van der Waals surface area contributed by atoms with Gasteiger partial charge in [0.25, 0.3) is 5.91 Å². The highest BCUT2D eigenvalue weighted by Gasteiger charge is 2.05. The van der Waals surface area contributed by atoms with Crippen LogP contribution in [0.5, 0.6) is 11.5 Å². The molecular formula is C27H24ClN3O2. The summed E-state index contributed by atoms with van der Waals surface area (Å²) >= 11 is 5.89. The minimum absolute atomic E-state index is 0.208. The third kappa shape index (κ3) is 6.84. The molecule has 0 bridgehead atoms. The van der Waals surface area contributed by atoms with Crippen molar-refractivity contribution in [3.63, 3.8) is 0 Å². The molecule has 0 saturated heterocycles. The van der Waals surface area contributed by atoms with Gasteiger partial charge in [0, 0.05) is 23.7 Å². The molecule has 0 aromatic heterocycles. The second-order valence-corrected chi connectivity index (χ2v) is 7.88. The van der Waals surface area contributed by atoms with E-state index in [-0.39, 0.29) is 5.91 Å². The highest BCUT2D eigenvalue weighted by Crippen LogP contribution is 2.24. The predicted molar refractivity (Wildman–Crippen MR) is 132 cm³/mol. The van der Waals surface area contributed by atoms with Crippen LogP contribution in [0.25, 0.3) is 0 Å². The molecule has 0 spiro atoms. The predicted octanol–water partition coefficient (Wildman–Crippen LogP) is 6.18. The van der Waals surface area contributed by atoms with Crippen molar-refractivity contribution < 1.29 is 9.53 Å². The summed E-state index contributed by atoms with van der Waals surface area (Å²) in [5.41, 5.74) is 9.32. The summed E-state index contributed by atoms with van der Waals surface area (Å²) in [6, 6.07) is 32.2. The van der Waals surface area contributed by atoms with Gasteiger partial charge < -0.3 is 10.1 Å². The number of benzene rings is 4. The van der Waals surface area contributed by atoms with Gasteiger partial charge >= 0.3 is 0 Å². The molecule has 0 heterocycles. The summed E-state index contributed by atoms with van der Waals surface area (Å²) in [4.78, 5) is 12.4. The Bertz CT molecular complexity index is 1160. The van der Waals surface area contributed by atoms with E-state index in [1.165, 1.54) is 5.56 Å². The maximum absolute atomic E-state index is 12.4. The number of carbonyl (C=O) groups is 1. The third-order valence-electron chi connectivity index (χ3n) is 4.94. The molecular weight excluding hydrogens is 434 g/mol. The van der Waals surface area contributed by atoms with Crippen molar-refractivity contribution in [1.29, 1.82) is 0 Å². The quantitative estimate of drug-likeness (QED) is 0.263. The zero-order valence-corrected chi connectivity index (χ0v) is 18.7. The average Bonchev–Trinajstić information content (AvgIpc) is 2.86. The standard InChI is InChI=1S/C27H24ClN3O2/c28-23-10-14-25(15-11-23)33-26-16-12-24(13-17-26)30-31-27(32)22-8-6-21(7-9-22)19-29-18-20-4-2-1-3-5-20/h1-17,29-30H,18-19H2,(H,31,32). The van der Waals surface area contributed by atoms with Crippen LogP contribution in [-0.4, -0.2) is 5.91 Å². The molecule has 0 atom stereocenters. The van der Waals surface area contributed by atoms with Crippen molar-refractivity contribution in [3.8, 4) is 11.5 Å². The van der Waals surface area contributed by atoms with Crippen molar-refractivity contribution >= 4 is 23.2 Å². The average molecular weight is 458 g/mol. The van der Waals surface area contributed by atoms with Crippen LogP contribution >= 0.6 is 11.6 Å². The number of halogens is 1. The fourth-order valence-corrected chi connectivity index (χ4v) is 3.29. The molecule has 0 saturated carbocycles. The Hall–Kier alpha value is -3.80. The van der Waals surface area contributed by atoms with Gasteiger partial charge in [0.15, 0.2) is 0 Å². The molecule has 4 rings (SSSR count). The molecule has 4 aromatic rings. The Kier molecular flexibility index (Phi) is 7.59. The van der Waals surface area contributed by atoms with E-state index in [9.17, 15) is 4.79 Å². The highest BCUT2D eigenvalue weighted by atomic mass is 35.5. The number of nitrogens with one attached hydrogen (secondary N) is 3. The van der Waals surface area contributed by atoms with Gasteiger partial charge in [0.2, 0.25) is 0 Å². The second-order valence-electron chi connectivity index (χ2n) is 7.45. The fraction of sp³-hybridized carbons (Fsp3) is 0.0741. The Balaban J connectivity index is 1.23. The lowest BCUT2D eigenvalue weighted by Gasteiger charge is -2.11. The van der Waals surface area contributed by atoms with Crippen LogP contribution in [-0.2, 0) is 13.1 Å². The summed E-state index contributed by atoms with van der Waals surface area (Å²) < 4.78 is 5.77. The van der Waals surface area contributed by atoms with Gasteiger partial charge in [-0.25, -0.2) is 0 Å². The van der Waals surface area contributed by atoms with Crippen LogP contribution in [0, 0.1) is 0 Å². The zero-order chi connectivity index (χ0) is 22.9. The molecule has 0 aliphatic rings. The van der Waals surface area contributed by atoms with Crippen molar-refractivity contribution in [2.75, 3.05) is 5.43 Å². The maximum atomic E-state index is 12.4. The van der Waals surface area contributed by atoms with Gasteiger partial charge in [-0.3, -0.25) is 15.6 Å². The first-order valence-electron chi connectivity index (χ1n) is 10.6. The van der Waals surface area contributed by atoms with E-state index in [0.29, 0.717) is 22.1 Å². The van der Waals surface area contributed by atoms with Crippen LogP contribution in [0.3, 0.4) is 0 Å². The molecule has 5 nitrogen and oxygen atoms in total. The third-order valence-corrected chi connectivity index (χ3v) is 5.19. The van der Waals surface area contributed by atoms with Crippen molar-refractivity contribution in [1.82, 2.24) is 10.7 Å². The van der Waals surface area contributed by atoms with Crippen molar-refractivity contribution in [3.05, 3.63) is 125 Å². The first-order chi connectivity index (χ1) is 16.2. The number of anilines is 1. The molecule has 0 unspecified atom stereocenters. The van der Waals surface area contributed by atoms with E-state index >= 15 is 0 Å². The largest absolute Gasteiger partial charge is 0.457 e. The zero-order valence-electron chi connectivity index (χ0n) is 17.9. The molecule has 4 aromatic carbocycles. The smallest absolute Gasteiger partial charge is 0.269 e. The van der Waals surface area contributed by atoms with Crippen LogP contribution in [0.15, 0.2) is 103 Å². The molecule has 0 fully saturated rings. The van der Waals surface area contributed by atoms with Gasteiger partial charge in [-0.15, -0.1) is 0 Å². The van der Waals surface area contributed by atoms with E-state index in [4.69, 9.17) is 16.3 Å². The summed E-state index contributed by atoms with van der Waals surface area (Å²) in [5, 5.41) is 4.07. The molecule has 0 aliphatic heterocycles. The number of ether oxygens (including phenoxy) is 1. The normalized spacial score (nSPS) is 10.5. The summed E-state index contributed by atoms with van der Waals surface area (Å²) in [6.07, 6.45) is 0. The molecule has 33 heavy (non-hydrogen) atoms. The van der Waals surface area contributed by atoms with Gasteiger partial charge in [-0.1, -0.05) is 54.1 Å². The maximum Gasteiger partial charge on any atom is 0.269 e. The van der Waals surface area contributed by atoms with Crippen LogP contribution in [0.4, 0.5) is 5.69 Å².